The minimum absolute atomic E-state index is 0.0371. The third-order valence-corrected chi connectivity index (χ3v) is 2.79. The third-order valence-electron chi connectivity index (χ3n) is 2.79. The van der Waals surface area contributed by atoms with Crippen molar-refractivity contribution in [2.75, 3.05) is 6.61 Å². The number of carbonyl (C=O) groups excluding carboxylic acids is 1. The van der Waals surface area contributed by atoms with E-state index in [4.69, 9.17) is 5.11 Å². The maximum atomic E-state index is 11.8. The van der Waals surface area contributed by atoms with E-state index in [1.54, 1.807) is 6.20 Å². The van der Waals surface area contributed by atoms with Gasteiger partial charge in [-0.2, -0.15) is 0 Å². The quantitative estimate of drug-likeness (QED) is 0.803. The van der Waals surface area contributed by atoms with E-state index >= 15 is 0 Å². The lowest BCUT2D eigenvalue weighted by Crippen LogP contribution is -2.42. The van der Waals surface area contributed by atoms with Crippen LogP contribution in [0.2, 0.25) is 0 Å². The maximum absolute atomic E-state index is 11.8. The molecule has 2 N–H and O–H groups in total. The molecule has 0 aliphatic rings. The fourth-order valence-corrected chi connectivity index (χ4v) is 1.54. The van der Waals surface area contributed by atoms with Gasteiger partial charge in [0.2, 0.25) is 5.91 Å². The first-order valence-corrected chi connectivity index (χ1v) is 5.85. The highest BCUT2D eigenvalue weighted by molar-refractivity contribution is 5.78. The Kier molecular flexibility index (Phi) is 5.10. The van der Waals surface area contributed by atoms with Crippen LogP contribution < -0.4 is 5.32 Å². The molecule has 1 rings (SSSR count). The van der Waals surface area contributed by atoms with Crippen LogP contribution in [0.25, 0.3) is 0 Å². The van der Waals surface area contributed by atoms with Crippen LogP contribution in [0.5, 0.6) is 0 Å². The number of carbonyl (C=O) groups is 1. The minimum Gasteiger partial charge on any atom is -0.394 e. The lowest BCUT2D eigenvalue weighted by atomic mass is 10.0. The van der Waals surface area contributed by atoms with E-state index in [2.05, 4.69) is 10.3 Å². The van der Waals surface area contributed by atoms with Gasteiger partial charge in [0.05, 0.1) is 24.8 Å². The van der Waals surface area contributed by atoms with Crippen molar-refractivity contribution in [2.45, 2.75) is 33.2 Å². The van der Waals surface area contributed by atoms with E-state index in [1.807, 2.05) is 32.9 Å². The highest BCUT2D eigenvalue weighted by Gasteiger charge is 2.15. The number of nitrogens with one attached hydrogen (secondary N) is 1. The predicted octanol–water partition coefficient (Wildman–Crippen LogP) is 1.07. The van der Waals surface area contributed by atoms with Crippen molar-refractivity contribution in [2.24, 2.45) is 5.92 Å². The first-order valence-electron chi connectivity index (χ1n) is 5.85. The van der Waals surface area contributed by atoms with Crippen LogP contribution in [0.3, 0.4) is 0 Å². The van der Waals surface area contributed by atoms with Crippen LogP contribution in [0, 0.1) is 12.8 Å². The number of aliphatic hydroxyl groups excluding tert-OH is 1. The molecule has 0 bridgehead atoms. The Morgan fingerprint density at radius 1 is 1.53 bits per heavy atom. The van der Waals surface area contributed by atoms with E-state index in [0.29, 0.717) is 0 Å². The van der Waals surface area contributed by atoms with Crippen LogP contribution in [0.1, 0.15) is 25.1 Å². The topological polar surface area (TPSA) is 62.2 Å². The number of nitrogens with zero attached hydrogens (tertiary/aromatic N) is 1. The van der Waals surface area contributed by atoms with Crippen molar-refractivity contribution in [3.05, 3.63) is 29.6 Å². The molecule has 1 aromatic heterocycles. The average molecular weight is 236 g/mol. The van der Waals surface area contributed by atoms with Gasteiger partial charge in [-0.3, -0.25) is 9.78 Å². The normalized spacial score (nSPS) is 12.5. The zero-order valence-electron chi connectivity index (χ0n) is 10.6. The van der Waals surface area contributed by atoms with Gasteiger partial charge >= 0.3 is 0 Å². The van der Waals surface area contributed by atoms with Crippen molar-refractivity contribution in [1.82, 2.24) is 10.3 Å². The summed E-state index contributed by atoms with van der Waals surface area (Å²) in [7, 11) is 0. The molecule has 0 aromatic carbocycles. The summed E-state index contributed by atoms with van der Waals surface area (Å²) in [6.45, 7) is 5.83. The van der Waals surface area contributed by atoms with E-state index in [-0.39, 0.29) is 30.9 Å². The molecular weight excluding hydrogens is 216 g/mol. The molecule has 4 nitrogen and oxygen atoms in total. The number of rotatable bonds is 5. The molecule has 0 aliphatic carbocycles. The second kappa shape index (κ2) is 6.35. The number of hydrogen-bond donors (Lipinski definition) is 2. The molecule has 94 valence electrons. The van der Waals surface area contributed by atoms with Gasteiger partial charge in [-0.15, -0.1) is 0 Å². The summed E-state index contributed by atoms with van der Waals surface area (Å²) in [6, 6.07) is 3.59. The van der Waals surface area contributed by atoms with Gasteiger partial charge in [0, 0.05) is 6.20 Å². The summed E-state index contributed by atoms with van der Waals surface area (Å²) in [5.74, 6) is 0.119. The van der Waals surface area contributed by atoms with Crippen molar-refractivity contribution in [1.29, 1.82) is 0 Å². The molecule has 4 heteroatoms. The molecule has 0 saturated carbocycles. The van der Waals surface area contributed by atoms with Gasteiger partial charge in [0.1, 0.15) is 0 Å². The van der Waals surface area contributed by atoms with E-state index < -0.39 is 0 Å². The fourth-order valence-electron chi connectivity index (χ4n) is 1.54. The van der Waals surface area contributed by atoms with Gasteiger partial charge in [-0.05, 0) is 24.5 Å². The second-order valence-electron chi connectivity index (χ2n) is 4.54. The molecule has 0 radical (unpaired) electrons. The Morgan fingerprint density at radius 2 is 2.24 bits per heavy atom. The molecular formula is C13H20N2O2. The Balaban J connectivity index is 2.58. The summed E-state index contributed by atoms with van der Waals surface area (Å²) in [5.41, 5.74) is 1.79. The monoisotopic (exact) mass is 236 g/mol. The van der Waals surface area contributed by atoms with Gasteiger partial charge in [0.15, 0.2) is 0 Å². The molecule has 1 aromatic rings. The SMILES string of the molecule is Cc1cccnc1CC(=O)N[C@H](CO)C(C)C. The Labute approximate surface area is 102 Å². The van der Waals surface area contributed by atoms with Crippen LogP contribution in [-0.2, 0) is 11.2 Å². The number of hydrogen-bond acceptors (Lipinski definition) is 3. The lowest BCUT2D eigenvalue weighted by molar-refractivity contribution is -0.121. The van der Waals surface area contributed by atoms with E-state index in [1.165, 1.54) is 0 Å². The molecule has 1 amide bonds. The van der Waals surface area contributed by atoms with E-state index in [9.17, 15) is 4.79 Å². The summed E-state index contributed by atoms with van der Waals surface area (Å²) in [4.78, 5) is 15.9. The van der Waals surface area contributed by atoms with Crippen molar-refractivity contribution < 1.29 is 9.90 Å². The number of pyridine rings is 1. The number of aliphatic hydroxyl groups is 1. The Morgan fingerprint density at radius 3 is 2.76 bits per heavy atom. The van der Waals surface area contributed by atoms with Gasteiger partial charge < -0.3 is 10.4 Å². The van der Waals surface area contributed by atoms with Gasteiger partial charge in [-0.1, -0.05) is 19.9 Å². The lowest BCUT2D eigenvalue weighted by Gasteiger charge is -2.19. The van der Waals surface area contributed by atoms with Crippen molar-refractivity contribution >= 4 is 5.91 Å². The predicted molar refractivity (Wildman–Crippen MR) is 66.5 cm³/mol. The average Bonchev–Trinajstić information content (AvgIpc) is 2.28. The number of amides is 1. The number of aryl methyl sites for hydroxylation is 1. The smallest absolute Gasteiger partial charge is 0.226 e. The first-order chi connectivity index (χ1) is 8.04. The Hall–Kier alpha value is -1.42. The molecule has 0 unspecified atom stereocenters. The standard InChI is InChI=1S/C13H20N2O2/c1-9(2)12(8-16)15-13(17)7-11-10(3)5-4-6-14-11/h4-6,9,12,16H,7-8H2,1-3H3,(H,15,17)/t12-/m1/s1. The van der Waals surface area contributed by atoms with Crippen LogP contribution in [-0.4, -0.2) is 28.6 Å². The largest absolute Gasteiger partial charge is 0.394 e. The molecule has 1 heterocycles. The zero-order chi connectivity index (χ0) is 12.8. The molecule has 17 heavy (non-hydrogen) atoms. The molecule has 1 atom stereocenters. The van der Waals surface area contributed by atoms with Crippen LogP contribution >= 0.6 is 0 Å². The highest BCUT2D eigenvalue weighted by atomic mass is 16.3. The fraction of sp³-hybridized carbons (Fsp3) is 0.538. The maximum Gasteiger partial charge on any atom is 0.226 e. The summed E-state index contributed by atoms with van der Waals surface area (Å²) >= 11 is 0. The number of aromatic nitrogens is 1. The first kappa shape index (κ1) is 13.6. The van der Waals surface area contributed by atoms with E-state index in [0.717, 1.165) is 11.3 Å². The minimum atomic E-state index is -0.188. The second-order valence-corrected chi connectivity index (χ2v) is 4.54. The molecule has 0 saturated heterocycles. The summed E-state index contributed by atoms with van der Waals surface area (Å²) in [6.07, 6.45) is 1.94. The van der Waals surface area contributed by atoms with Crippen molar-refractivity contribution in [3.8, 4) is 0 Å². The van der Waals surface area contributed by atoms with Gasteiger partial charge in [-0.25, -0.2) is 0 Å². The molecule has 0 aliphatic heterocycles. The third kappa shape index (κ3) is 4.15. The van der Waals surface area contributed by atoms with Crippen LogP contribution in [0.4, 0.5) is 0 Å². The summed E-state index contributed by atoms with van der Waals surface area (Å²) < 4.78 is 0. The zero-order valence-corrected chi connectivity index (χ0v) is 10.6. The van der Waals surface area contributed by atoms with Gasteiger partial charge in [0.25, 0.3) is 0 Å². The van der Waals surface area contributed by atoms with Crippen LogP contribution in [0.15, 0.2) is 18.3 Å². The highest BCUT2D eigenvalue weighted by Crippen LogP contribution is 2.05. The molecule has 0 spiro atoms. The van der Waals surface area contributed by atoms with Crippen molar-refractivity contribution in [3.63, 3.8) is 0 Å². The summed E-state index contributed by atoms with van der Waals surface area (Å²) in [5, 5.41) is 11.9. The Bertz CT molecular complexity index is 377. The molecule has 0 fully saturated rings.